The molecule has 1 atom stereocenters. The number of ether oxygens (including phenoxy) is 2. The number of halogens is 1. The third-order valence-corrected chi connectivity index (χ3v) is 5.22. The van der Waals surface area contributed by atoms with Crippen LogP contribution in [0.15, 0.2) is 47.7 Å². The minimum absolute atomic E-state index is 0.354. The fourth-order valence-electron chi connectivity index (χ4n) is 3.02. The third-order valence-electron chi connectivity index (χ3n) is 4.55. The Bertz CT molecular complexity index is 1020. The first-order valence-corrected chi connectivity index (χ1v) is 10.1. The predicted octanol–water partition coefficient (Wildman–Crippen LogP) is 4.09. The zero-order valence-electron chi connectivity index (χ0n) is 15.7. The molecular weight excluding hydrogens is 469 g/mol. The van der Waals surface area contributed by atoms with Crippen LogP contribution in [0.3, 0.4) is 0 Å². The lowest BCUT2D eigenvalue weighted by molar-refractivity contribution is 0.246. The van der Waals surface area contributed by atoms with E-state index < -0.39 is 0 Å². The summed E-state index contributed by atoms with van der Waals surface area (Å²) in [5, 5.41) is 8.31. The van der Waals surface area contributed by atoms with E-state index in [1.54, 1.807) is 13.4 Å². The molecule has 0 saturated carbocycles. The summed E-state index contributed by atoms with van der Waals surface area (Å²) in [7, 11) is 1.61. The zero-order chi connectivity index (χ0) is 19.5. The number of fused-ring (bicyclic) bond motifs is 5. The monoisotopic (exact) mass is 489 g/mol. The van der Waals surface area contributed by atoms with Gasteiger partial charge in [0.15, 0.2) is 11.6 Å². The number of pyridine rings is 1. The SMILES string of the molecule is COC1=Nc2cccc(n2)-c2nncn2CC[C@@H](C)COc2ccc(I)cc21. The first-order valence-electron chi connectivity index (χ1n) is 9.04. The lowest BCUT2D eigenvalue weighted by atomic mass is 10.1. The van der Waals surface area contributed by atoms with Crippen molar-refractivity contribution in [3.8, 4) is 17.3 Å². The summed E-state index contributed by atoms with van der Waals surface area (Å²) < 4.78 is 14.8. The lowest BCUT2D eigenvalue weighted by Gasteiger charge is -2.17. The van der Waals surface area contributed by atoms with Crippen LogP contribution in [-0.2, 0) is 11.3 Å². The van der Waals surface area contributed by atoms with E-state index in [-0.39, 0.29) is 0 Å². The van der Waals surface area contributed by atoms with Crippen molar-refractivity contribution < 1.29 is 9.47 Å². The first kappa shape index (κ1) is 18.9. The number of rotatable bonds is 0. The van der Waals surface area contributed by atoms with Crippen molar-refractivity contribution in [3.63, 3.8) is 0 Å². The quantitative estimate of drug-likeness (QED) is 0.445. The van der Waals surface area contributed by atoms with Crippen LogP contribution in [0.25, 0.3) is 11.5 Å². The number of hydrogen-bond acceptors (Lipinski definition) is 6. The summed E-state index contributed by atoms with van der Waals surface area (Å²) in [6.45, 7) is 3.57. The van der Waals surface area contributed by atoms with Gasteiger partial charge in [-0.2, -0.15) is 4.99 Å². The molecule has 2 bridgehead atoms. The van der Waals surface area contributed by atoms with Gasteiger partial charge in [-0.25, -0.2) is 4.98 Å². The van der Waals surface area contributed by atoms with Crippen LogP contribution in [0, 0.1) is 9.49 Å². The second kappa shape index (κ2) is 8.26. The van der Waals surface area contributed by atoms with Gasteiger partial charge in [0.25, 0.3) is 0 Å². The molecule has 0 N–H and O–H groups in total. The van der Waals surface area contributed by atoms with Gasteiger partial charge in [-0.05, 0) is 65.3 Å². The number of benzene rings is 1. The molecule has 0 unspecified atom stereocenters. The first-order chi connectivity index (χ1) is 13.6. The van der Waals surface area contributed by atoms with Gasteiger partial charge >= 0.3 is 0 Å². The maximum atomic E-state index is 6.13. The highest BCUT2D eigenvalue weighted by atomic mass is 127. The van der Waals surface area contributed by atoms with Gasteiger partial charge in [0.1, 0.15) is 17.8 Å². The molecule has 0 fully saturated rings. The van der Waals surface area contributed by atoms with Gasteiger partial charge in [-0.3, -0.25) is 0 Å². The second-order valence-electron chi connectivity index (χ2n) is 6.70. The maximum absolute atomic E-state index is 6.13. The Morgan fingerprint density at radius 3 is 3.00 bits per heavy atom. The highest BCUT2D eigenvalue weighted by Crippen LogP contribution is 2.26. The minimum Gasteiger partial charge on any atom is -0.492 e. The Hall–Kier alpha value is -2.49. The van der Waals surface area contributed by atoms with Gasteiger partial charge in [-0.15, -0.1) is 10.2 Å². The molecular formula is C20H20IN5O2. The summed E-state index contributed by atoms with van der Waals surface area (Å²) in [5.41, 5.74) is 1.55. The van der Waals surface area contributed by atoms with E-state index in [1.165, 1.54) is 0 Å². The smallest absolute Gasteiger partial charge is 0.226 e. The van der Waals surface area contributed by atoms with Gasteiger partial charge in [0, 0.05) is 10.1 Å². The van der Waals surface area contributed by atoms with Gasteiger partial charge in [0.2, 0.25) is 5.90 Å². The van der Waals surface area contributed by atoms with Gasteiger partial charge in [-0.1, -0.05) is 13.0 Å². The van der Waals surface area contributed by atoms with Crippen LogP contribution in [0.5, 0.6) is 5.75 Å². The van der Waals surface area contributed by atoms with Crippen LogP contribution in [-0.4, -0.2) is 39.4 Å². The molecule has 144 valence electrons. The fourth-order valence-corrected chi connectivity index (χ4v) is 3.51. The highest BCUT2D eigenvalue weighted by Gasteiger charge is 2.17. The Morgan fingerprint density at radius 2 is 2.14 bits per heavy atom. The summed E-state index contributed by atoms with van der Waals surface area (Å²) in [6, 6.07) is 11.7. The number of aliphatic imine (C=N–C) groups is 1. The van der Waals surface area contributed by atoms with Crippen molar-refractivity contribution in [1.29, 1.82) is 0 Å². The Morgan fingerprint density at radius 1 is 1.25 bits per heavy atom. The van der Waals surface area contributed by atoms with Crippen LogP contribution < -0.4 is 4.74 Å². The maximum Gasteiger partial charge on any atom is 0.226 e. The van der Waals surface area contributed by atoms with Crippen LogP contribution in [0.1, 0.15) is 18.9 Å². The van der Waals surface area contributed by atoms with Crippen molar-refractivity contribution in [2.45, 2.75) is 19.9 Å². The molecule has 0 aliphatic carbocycles. The standard InChI is InChI=1S/C20H20IN5O2/c1-13-8-9-26-12-22-25-19(26)16-4-3-5-18(23-16)24-20(27-2)15-10-14(21)6-7-17(15)28-11-13/h3-7,10,12-13H,8-9,11H2,1-2H3/t13-/m1/s1. The van der Waals surface area contributed by atoms with Crippen LogP contribution >= 0.6 is 22.6 Å². The Labute approximate surface area is 177 Å². The Kier molecular flexibility index (Phi) is 5.56. The average molecular weight is 489 g/mol. The fraction of sp³-hybridized carbons (Fsp3) is 0.300. The molecule has 4 rings (SSSR count). The summed E-state index contributed by atoms with van der Waals surface area (Å²) in [6.07, 6.45) is 2.68. The zero-order valence-corrected chi connectivity index (χ0v) is 17.8. The molecule has 3 heterocycles. The molecule has 0 spiro atoms. The molecule has 28 heavy (non-hydrogen) atoms. The van der Waals surface area contributed by atoms with Crippen LogP contribution in [0.4, 0.5) is 5.82 Å². The molecule has 1 aromatic carbocycles. The summed E-state index contributed by atoms with van der Waals surface area (Å²) in [5.74, 6) is 2.85. The van der Waals surface area contributed by atoms with Crippen molar-refractivity contribution in [2.75, 3.05) is 13.7 Å². The lowest BCUT2D eigenvalue weighted by Crippen LogP contribution is -2.15. The molecule has 8 heteroatoms. The topological polar surface area (TPSA) is 74.4 Å². The van der Waals surface area contributed by atoms with Gasteiger partial charge in [0.05, 0.1) is 19.3 Å². The van der Waals surface area contributed by atoms with Crippen molar-refractivity contribution in [2.24, 2.45) is 10.9 Å². The van der Waals surface area contributed by atoms with Gasteiger partial charge < -0.3 is 14.0 Å². The van der Waals surface area contributed by atoms with E-state index in [0.29, 0.717) is 24.2 Å². The number of hydrogen-bond donors (Lipinski definition) is 0. The largest absolute Gasteiger partial charge is 0.492 e. The van der Waals surface area contributed by atoms with E-state index in [4.69, 9.17) is 9.47 Å². The Balaban J connectivity index is 1.86. The van der Waals surface area contributed by atoms with E-state index in [9.17, 15) is 0 Å². The van der Waals surface area contributed by atoms with E-state index in [1.807, 2.05) is 41.0 Å². The average Bonchev–Trinajstić information content (AvgIpc) is 3.18. The van der Waals surface area contributed by atoms with Crippen molar-refractivity contribution >= 4 is 34.3 Å². The number of aromatic nitrogens is 4. The molecule has 2 aromatic heterocycles. The molecule has 0 amide bonds. The van der Waals surface area contributed by atoms with E-state index >= 15 is 0 Å². The van der Waals surface area contributed by atoms with Crippen molar-refractivity contribution in [3.05, 3.63) is 51.9 Å². The number of nitrogens with zero attached hydrogens (tertiary/aromatic N) is 5. The van der Waals surface area contributed by atoms with Crippen molar-refractivity contribution in [1.82, 2.24) is 19.7 Å². The number of methoxy groups -OCH3 is 1. The molecule has 1 aliphatic rings. The normalized spacial score (nSPS) is 16.8. The third kappa shape index (κ3) is 4.01. The minimum atomic E-state index is 0.354. The van der Waals surface area contributed by atoms with E-state index in [2.05, 4.69) is 49.7 Å². The predicted molar refractivity (Wildman–Crippen MR) is 115 cm³/mol. The number of aryl methyl sites for hydroxylation is 1. The highest BCUT2D eigenvalue weighted by molar-refractivity contribution is 14.1. The second-order valence-corrected chi connectivity index (χ2v) is 7.94. The molecule has 0 saturated heterocycles. The molecule has 1 aliphatic heterocycles. The van der Waals surface area contributed by atoms with Crippen LogP contribution in [0.2, 0.25) is 0 Å². The molecule has 0 radical (unpaired) electrons. The summed E-state index contributed by atoms with van der Waals surface area (Å²) >= 11 is 2.27. The molecule has 3 aromatic rings. The summed E-state index contributed by atoms with van der Waals surface area (Å²) in [4.78, 5) is 9.29. The van der Waals surface area contributed by atoms with E-state index in [0.717, 1.165) is 39.4 Å². The molecule has 7 nitrogen and oxygen atoms in total.